The molecule has 0 aromatic carbocycles. The second kappa shape index (κ2) is 4.09. The topological polar surface area (TPSA) is 38.3 Å². The van der Waals surface area contributed by atoms with Crippen molar-refractivity contribution in [3.8, 4) is 0 Å². The van der Waals surface area contributed by atoms with E-state index in [4.69, 9.17) is 4.74 Å². The minimum atomic E-state index is -0.424. The highest BCUT2D eigenvalue weighted by molar-refractivity contribution is 7.08. The van der Waals surface area contributed by atoms with Gasteiger partial charge in [0.15, 0.2) is 0 Å². The molecule has 16 heavy (non-hydrogen) atoms. The average molecular weight is 239 g/mol. The monoisotopic (exact) mass is 239 g/mol. The van der Waals surface area contributed by atoms with Crippen LogP contribution in [0.5, 0.6) is 0 Å². The lowest BCUT2D eigenvalue weighted by Gasteiger charge is -2.21. The van der Waals surface area contributed by atoms with E-state index in [9.17, 15) is 4.79 Å². The molecule has 0 unspecified atom stereocenters. The normalized spacial score (nSPS) is 15.9. The smallest absolute Gasteiger partial charge is 0.407 e. The largest absolute Gasteiger partial charge is 0.444 e. The molecule has 3 nitrogen and oxygen atoms in total. The zero-order valence-corrected chi connectivity index (χ0v) is 10.7. The lowest BCUT2D eigenvalue weighted by molar-refractivity contribution is 0.0506. The van der Waals surface area contributed by atoms with E-state index in [-0.39, 0.29) is 12.1 Å². The SMILES string of the molecule is CC(C)(C)OC(=O)NC1Cc2cscc2C1. The zero-order chi connectivity index (χ0) is 11.8. The Labute approximate surface area is 99.8 Å². The Morgan fingerprint density at radius 3 is 2.44 bits per heavy atom. The van der Waals surface area contributed by atoms with E-state index in [2.05, 4.69) is 16.1 Å². The van der Waals surface area contributed by atoms with E-state index >= 15 is 0 Å². The minimum Gasteiger partial charge on any atom is -0.444 e. The van der Waals surface area contributed by atoms with Gasteiger partial charge in [-0.3, -0.25) is 0 Å². The lowest BCUT2D eigenvalue weighted by atomic mass is 10.2. The molecule has 2 rings (SSSR count). The second-order valence-electron chi connectivity index (χ2n) is 5.17. The molecular formula is C12H17NO2S. The molecule has 88 valence electrons. The summed E-state index contributed by atoms with van der Waals surface area (Å²) in [5.74, 6) is 0. The first-order chi connectivity index (χ1) is 7.44. The van der Waals surface area contributed by atoms with Gasteiger partial charge in [0.05, 0.1) is 0 Å². The molecule has 0 saturated carbocycles. The van der Waals surface area contributed by atoms with E-state index in [1.54, 1.807) is 11.3 Å². The van der Waals surface area contributed by atoms with Crippen LogP contribution in [0.1, 0.15) is 31.9 Å². The van der Waals surface area contributed by atoms with Crippen LogP contribution in [0.25, 0.3) is 0 Å². The van der Waals surface area contributed by atoms with Crippen LogP contribution in [0.4, 0.5) is 4.79 Å². The van der Waals surface area contributed by atoms with Gasteiger partial charge in [-0.2, -0.15) is 11.3 Å². The van der Waals surface area contributed by atoms with Gasteiger partial charge in [0.25, 0.3) is 0 Å². The predicted octanol–water partition coefficient (Wildman–Crippen LogP) is 2.74. The van der Waals surface area contributed by atoms with Gasteiger partial charge in [0, 0.05) is 6.04 Å². The van der Waals surface area contributed by atoms with Crippen molar-refractivity contribution in [3.05, 3.63) is 21.9 Å². The fourth-order valence-corrected chi connectivity index (χ4v) is 2.78. The van der Waals surface area contributed by atoms with Crippen molar-refractivity contribution in [2.75, 3.05) is 0 Å². The third kappa shape index (κ3) is 2.76. The second-order valence-corrected chi connectivity index (χ2v) is 5.92. The van der Waals surface area contributed by atoms with Gasteiger partial charge >= 0.3 is 6.09 Å². The molecule has 1 aromatic heterocycles. The van der Waals surface area contributed by atoms with E-state index in [0.29, 0.717) is 0 Å². The molecule has 0 saturated heterocycles. The number of carbonyl (C=O) groups excluding carboxylic acids is 1. The van der Waals surface area contributed by atoms with Crippen LogP contribution in [0.3, 0.4) is 0 Å². The number of fused-ring (bicyclic) bond motifs is 1. The summed E-state index contributed by atoms with van der Waals surface area (Å²) >= 11 is 1.73. The summed E-state index contributed by atoms with van der Waals surface area (Å²) in [6, 6.07) is 0.202. The molecule has 1 amide bonds. The van der Waals surface area contributed by atoms with Gasteiger partial charge in [-0.05, 0) is 55.5 Å². The Balaban J connectivity index is 1.85. The number of hydrogen-bond donors (Lipinski definition) is 1. The van der Waals surface area contributed by atoms with Crippen molar-refractivity contribution in [2.45, 2.75) is 45.3 Å². The number of nitrogens with one attached hydrogen (secondary N) is 1. The Kier molecular flexibility index (Phi) is 2.93. The summed E-state index contributed by atoms with van der Waals surface area (Å²) in [6.07, 6.45) is 1.54. The fraction of sp³-hybridized carbons (Fsp3) is 0.583. The van der Waals surface area contributed by atoms with Gasteiger partial charge in [-0.25, -0.2) is 4.79 Å². The molecule has 0 atom stereocenters. The van der Waals surface area contributed by atoms with Gasteiger partial charge in [0.2, 0.25) is 0 Å². The molecule has 0 spiro atoms. The van der Waals surface area contributed by atoms with Crippen LogP contribution in [0.15, 0.2) is 10.8 Å². The first-order valence-corrected chi connectivity index (χ1v) is 6.42. The van der Waals surface area contributed by atoms with E-state index in [1.807, 2.05) is 20.8 Å². The molecule has 0 radical (unpaired) electrons. The number of alkyl carbamates (subject to hydrolysis) is 1. The zero-order valence-electron chi connectivity index (χ0n) is 9.87. The van der Waals surface area contributed by atoms with Crippen LogP contribution < -0.4 is 5.32 Å². The van der Waals surface area contributed by atoms with Crippen LogP contribution in [-0.2, 0) is 17.6 Å². The summed E-state index contributed by atoms with van der Waals surface area (Å²) in [6.45, 7) is 5.62. The predicted molar refractivity (Wildman–Crippen MR) is 64.9 cm³/mol. The van der Waals surface area contributed by atoms with Crippen molar-refractivity contribution in [1.82, 2.24) is 5.32 Å². The quantitative estimate of drug-likeness (QED) is 0.818. The first-order valence-electron chi connectivity index (χ1n) is 5.47. The highest BCUT2D eigenvalue weighted by Crippen LogP contribution is 2.25. The molecule has 1 aliphatic carbocycles. The maximum absolute atomic E-state index is 11.6. The fourth-order valence-electron chi connectivity index (χ4n) is 1.89. The molecule has 1 aromatic rings. The molecule has 0 aliphatic heterocycles. The number of hydrogen-bond acceptors (Lipinski definition) is 3. The highest BCUT2D eigenvalue weighted by Gasteiger charge is 2.25. The number of carbonyl (C=O) groups is 1. The number of ether oxygens (including phenoxy) is 1. The summed E-state index contributed by atoms with van der Waals surface area (Å²) in [5, 5.41) is 7.23. The maximum atomic E-state index is 11.6. The van der Waals surface area contributed by atoms with Crippen molar-refractivity contribution < 1.29 is 9.53 Å². The summed E-state index contributed by atoms with van der Waals surface area (Å²) < 4.78 is 5.23. The van der Waals surface area contributed by atoms with E-state index in [1.165, 1.54) is 11.1 Å². The maximum Gasteiger partial charge on any atom is 0.407 e. The van der Waals surface area contributed by atoms with Gasteiger partial charge in [-0.1, -0.05) is 0 Å². The molecule has 4 heteroatoms. The molecular weight excluding hydrogens is 222 g/mol. The summed E-state index contributed by atoms with van der Waals surface area (Å²) in [7, 11) is 0. The third-order valence-corrected chi connectivity index (χ3v) is 3.33. The standard InChI is InChI=1S/C12H17NO2S/c1-12(2,3)15-11(14)13-10-4-8-6-16-7-9(8)5-10/h6-7,10H,4-5H2,1-3H3,(H,13,14). The van der Waals surface area contributed by atoms with E-state index < -0.39 is 5.60 Å². The van der Waals surface area contributed by atoms with Crippen molar-refractivity contribution in [2.24, 2.45) is 0 Å². The van der Waals surface area contributed by atoms with Crippen LogP contribution >= 0.6 is 11.3 Å². The van der Waals surface area contributed by atoms with Crippen LogP contribution in [0.2, 0.25) is 0 Å². The molecule has 0 bridgehead atoms. The number of rotatable bonds is 1. The molecule has 0 fully saturated rings. The van der Waals surface area contributed by atoms with E-state index in [0.717, 1.165) is 12.8 Å². The molecule has 1 heterocycles. The summed E-state index contributed by atoms with van der Waals surface area (Å²) in [5.41, 5.74) is 2.31. The Morgan fingerprint density at radius 1 is 1.38 bits per heavy atom. The lowest BCUT2D eigenvalue weighted by Crippen LogP contribution is -2.39. The van der Waals surface area contributed by atoms with Gasteiger partial charge < -0.3 is 10.1 Å². The number of amides is 1. The number of thiophene rings is 1. The molecule has 1 aliphatic rings. The highest BCUT2D eigenvalue weighted by atomic mass is 32.1. The van der Waals surface area contributed by atoms with Crippen molar-refractivity contribution in [3.63, 3.8) is 0 Å². The first kappa shape index (κ1) is 11.5. The van der Waals surface area contributed by atoms with Gasteiger partial charge in [-0.15, -0.1) is 0 Å². The van der Waals surface area contributed by atoms with Crippen LogP contribution in [0, 0.1) is 0 Å². The van der Waals surface area contributed by atoms with Gasteiger partial charge in [0.1, 0.15) is 5.60 Å². The van der Waals surface area contributed by atoms with Crippen molar-refractivity contribution in [1.29, 1.82) is 0 Å². The third-order valence-electron chi connectivity index (χ3n) is 2.49. The Bertz CT molecular complexity index is 371. The van der Waals surface area contributed by atoms with Crippen LogP contribution in [-0.4, -0.2) is 17.7 Å². The van der Waals surface area contributed by atoms with Crippen molar-refractivity contribution >= 4 is 17.4 Å². The molecule has 1 N–H and O–H groups in total. The summed E-state index contributed by atoms with van der Waals surface area (Å²) in [4.78, 5) is 11.6. The average Bonchev–Trinajstić information content (AvgIpc) is 2.58. The minimum absolute atomic E-state index is 0.202. The Hall–Kier alpha value is -1.03. The Morgan fingerprint density at radius 2 is 1.94 bits per heavy atom.